The Hall–Kier alpha value is -0.760. The van der Waals surface area contributed by atoms with Crippen LogP contribution in [0.25, 0.3) is 0 Å². The Labute approximate surface area is 102 Å². The summed E-state index contributed by atoms with van der Waals surface area (Å²) in [6.45, 7) is 1.15. The van der Waals surface area contributed by atoms with Crippen molar-refractivity contribution in [3.05, 3.63) is 5.82 Å². The average Bonchev–Trinajstić information content (AvgIpc) is 2.56. The summed E-state index contributed by atoms with van der Waals surface area (Å²) in [5.41, 5.74) is 0. The van der Waals surface area contributed by atoms with Crippen molar-refractivity contribution in [1.82, 2.24) is 14.8 Å². The minimum Gasteiger partial charge on any atom is -0.295 e. The van der Waals surface area contributed by atoms with Crippen molar-refractivity contribution in [2.24, 2.45) is 0 Å². The molecule has 1 aromatic heterocycles. The highest BCUT2D eigenvalue weighted by Crippen LogP contribution is 2.17. The number of hydrogen-bond acceptors (Lipinski definition) is 4. The lowest BCUT2D eigenvalue weighted by Crippen LogP contribution is -2.14. The third-order valence-electron chi connectivity index (χ3n) is 2.09. The molecule has 0 spiro atoms. The number of alkyl halides is 2. The first-order valence-electron chi connectivity index (χ1n) is 5.01. The van der Waals surface area contributed by atoms with Crippen LogP contribution >= 0.6 is 10.7 Å². The molecule has 5 nitrogen and oxygen atoms in total. The number of hydrogen-bond donors (Lipinski definition) is 0. The Kier molecular flexibility index (Phi) is 4.81. The van der Waals surface area contributed by atoms with E-state index in [0.29, 0.717) is 12.8 Å². The predicted molar refractivity (Wildman–Crippen MR) is 57.7 cm³/mol. The van der Waals surface area contributed by atoms with E-state index in [1.165, 1.54) is 0 Å². The van der Waals surface area contributed by atoms with E-state index in [2.05, 4.69) is 10.2 Å². The average molecular weight is 288 g/mol. The van der Waals surface area contributed by atoms with Crippen molar-refractivity contribution >= 4 is 19.7 Å². The van der Waals surface area contributed by atoms with E-state index >= 15 is 0 Å². The first-order valence-corrected chi connectivity index (χ1v) is 7.32. The predicted octanol–water partition coefficient (Wildman–Crippen LogP) is 1.81. The highest BCUT2D eigenvalue weighted by molar-refractivity contribution is 8.13. The largest absolute Gasteiger partial charge is 0.296 e. The van der Waals surface area contributed by atoms with Crippen LogP contribution in [0.4, 0.5) is 8.78 Å². The molecule has 0 amide bonds. The number of nitrogens with zero attached hydrogens (tertiary/aromatic N) is 3. The summed E-state index contributed by atoms with van der Waals surface area (Å²) in [4.78, 5) is 0. The minimum atomic E-state index is -4.16. The Morgan fingerprint density at radius 2 is 2.06 bits per heavy atom. The summed E-state index contributed by atoms with van der Waals surface area (Å²) >= 11 is 0. The van der Waals surface area contributed by atoms with Gasteiger partial charge in [-0.3, -0.25) is 4.57 Å². The molecule has 0 radical (unpaired) electrons. The van der Waals surface area contributed by atoms with E-state index in [1.807, 2.05) is 6.92 Å². The van der Waals surface area contributed by atoms with E-state index in [-0.39, 0.29) is 5.82 Å². The van der Waals surface area contributed by atoms with Crippen molar-refractivity contribution in [3.63, 3.8) is 0 Å². The smallest absolute Gasteiger partial charge is 0.295 e. The van der Waals surface area contributed by atoms with Crippen LogP contribution in [0.2, 0.25) is 0 Å². The number of rotatable bonds is 6. The molecular weight excluding hydrogens is 276 g/mol. The van der Waals surface area contributed by atoms with Gasteiger partial charge in [-0.1, -0.05) is 13.3 Å². The number of aryl methyl sites for hydroxylation is 1. The lowest BCUT2D eigenvalue weighted by molar-refractivity contribution is 0.122. The molecule has 1 heterocycles. The van der Waals surface area contributed by atoms with Crippen LogP contribution in [0.15, 0.2) is 5.16 Å². The highest BCUT2D eigenvalue weighted by atomic mass is 35.7. The summed E-state index contributed by atoms with van der Waals surface area (Å²) in [7, 11) is 0.943. The van der Waals surface area contributed by atoms with Crippen molar-refractivity contribution in [1.29, 1.82) is 0 Å². The van der Waals surface area contributed by atoms with Gasteiger partial charge in [0.15, 0.2) is 0 Å². The van der Waals surface area contributed by atoms with Crippen LogP contribution in [0.5, 0.6) is 0 Å². The van der Waals surface area contributed by atoms with Gasteiger partial charge in [0, 0.05) is 17.1 Å². The fourth-order valence-corrected chi connectivity index (χ4v) is 2.26. The molecular formula is C8H12ClF2N3O2S. The summed E-state index contributed by atoms with van der Waals surface area (Å²) in [5.74, 6) is 0.214. The third kappa shape index (κ3) is 3.88. The zero-order valence-electron chi connectivity index (χ0n) is 9.11. The van der Waals surface area contributed by atoms with Crippen LogP contribution in [0.1, 0.15) is 25.6 Å². The molecule has 9 heteroatoms. The zero-order chi connectivity index (χ0) is 13.1. The lowest BCUT2D eigenvalue weighted by Gasteiger charge is -2.07. The molecule has 0 saturated carbocycles. The summed E-state index contributed by atoms with van der Waals surface area (Å²) < 4.78 is 47.8. The Morgan fingerprint density at radius 1 is 1.41 bits per heavy atom. The normalized spacial score (nSPS) is 12.3. The second-order valence-corrected chi connectivity index (χ2v) is 5.90. The van der Waals surface area contributed by atoms with Gasteiger partial charge < -0.3 is 0 Å². The molecule has 0 fully saturated rings. The monoisotopic (exact) mass is 287 g/mol. The van der Waals surface area contributed by atoms with Gasteiger partial charge in [0.25, 0.3) is 20.6 Å². The van der Waals surface area contributed by atoms with E-state index in [9.17, 15) is 17.2 Å². The zero-order valence-corrected chi connectivity index (χ0v) is 10.7. The molecule has 1 rings (SSSR count). The van der Waals surface area contributed by atoms with Crippen molar-refractivity contribution in [2.75, 3.05) is 0 Å². The summed E-state index contributed by atoms with van der Waals surface area (Å²) in [5, 5.41) is 6.32. The molecule has 0 aliphatic carbocycles. The second-order valence-electron chi connectivity index (χ2n) is 3.44. The quantitative estimate of drug-likeness (QED) is 0.749. The fourth-order valence-electron chi connectivity index (χ4n) is 1.34. The molecule has 0 aliphatic rings. The van der Waals surface area contributed by atoms with Crippen LogP contribution in [-0.4, -0.2) is 29.6 Å². The second kappa shape index (κ2) is 5.72. The maximum atomic E-state index is 12.4. The summed E-state index contributed by atoms with van der Waals surface area (Å²) in [6.07, 6.45) is -0.750. The number of halogens is 3. The van der Waals surface area contributed by atoms with Crippen molar-refractivity contribution in [2.45, 2.75) is 44.3 Å². The first-order chi connectivity index (χ1) is 7.86. The van der Waals surface area contributed by atoms with Gasteiger partial charge in [-0.2, -0.15) is 0 Å². The fraction of sp³-hybridized carbons (Fsp3) is 0.750. The first kappa shape index (κ1) is 14.3. The van der Waals surface area contributed by atoms with Gasteiger partial charge in [-0.25, -0.2) is 17.2 Å². The molecule has 0 atom stereocenters. The Morgan fingerprint density at radius 3 is 2.53 bits per heavy atom. The van der Waals surface area contributed by atoms with E-state index < -0.39 is 27.2 Å². The van der Waals surface area contributed by atoms with Gasteiger partial charge in [0.05, 0.1) is 6.54 Å². The third-order valence-corrected chi connectivity index (χ3v) is 3.24. The van der Waals surface area contributed by atoms with E-state index in [0.717, 1.165) is 11.0 Å². The standard InChI is InChI=1S/C8H12ClF2N3O2S/c1-2-3-4-7-12-13-8(17(9,15)16)14(7)5-6(10)11/h6H,2-5H2,1H3. The van der Waals surface area contributed by atoms with Crippen molar-refractivity contribution in [3.8, 4) is 0 Å². The molecule has 0 aromatic carbocycles. The SMILES string of the molecule is CCCCc1nnc(S(=O)(=O)Cl)n1CC(F)F. The van der Waals surface area contributed by atoms with Gasteiger partial charge in [-0.15, -0.1) is 10.2 Å². The highest BCUT2D eigenvalue weighted by Gasteiger charge is 2.24. The van der Waals surface area contributed by atoms with Gasteiger partial charge in [0.2, 0.25) is 0 Å². The molecule has 98 valence electrons. The minimum absolute atomic E-state index is 0.214. The molecule has 17 heavy (non-hydrogen) atoms. The topological polar surface area (TPSA) is 64.8 Å². The molecule has 0 aliphatic heterocycles. The maximum Gasteiger partial charge on any atom is 0.296 e. The molecule has 0 unspecified atom stereocenters. The van der Waals surface area contributed by atoms with Crippen LogP contribution in [0, 0.1) is 0 Å². The van der Waals surface area contributed by atoms with Crippen LogP contribution < -0.4 is 0 Å². The lowest BCUT2D eigenvalue weighted by atomic mass is 10.2. The van der Waals surface area contributed by atoms with Gasteiger partial charge in [-0.05, 0) is 6.42 Å². The molecule has 0 saturated heterocycles. The Balaban J connectivity index is 3.11. The number of unbranched alkanes of at least 4 members (excludes halogenated alkanes) is 1. The van der Waals surface area contributed by atoms with Crippen LogP contribution in [-0.2, 0) is 22.0 Å². The van der Waals surface area contributed by atoms with E-state index in [4.69, 9.17) is 10.7 Å². The maximum absolute atomic E-state index is 12.4. The molecule has 1 aromatic rings. The number of aromatic nitrogens is 3. The molecule has 0 bridgehead atoms. The van der Waals surface area contributed by atoms with E-state index in [1.54, 1.807) is 0 Å². The summed E-state index contributed by atoms with van der Waals surface area (Å²) in [6, 6.07) is 0. The Bertz CT molecular complexity index is 475. The van der Waals surface area contributed by atoms with Gasteiger partial charge >= 0.3 is 0 Å². The molecule has 0 N–H and O–H groups in total. The van der Waals surface area contributed by atoms with Gasteiger partial charge in [0.1, 0.15) is 5.82 Å². The van der Waals surface area contributed by atoms with Crippen molar-refractivity contribution < 1.29 is 17.2 Å². The van der Waals surface area contributed by atoms with Crippen LogP contribution in [0.3, 0.4) is 0 Å².